The molecule has 0 aliphatic heterocycles. The van der Waals surface area contributed by atoms with Gasteiger partial charge in [0, 0.05) is 11.1 Å². The van der Waals surface area contributed by atoms with Crippen molar-refractivity contribution in [2.45, 2.75) is 6.92 Å². The van der Waals surface area contributed by atoms with Crippen LogP contribution in [0.1, 0.15) is 21.6 Å². The predicted octanol–water partition coefficient (Wildman–Crippen LogP) is 3.28. The van der Waals surface area contributed by atoms with E-state index in [1.807, 2.05) is 31.2 Å². The Balaban J connectivity index is 1.69. The first kappa shape index (κ1) is 20.5. The molecule has 0 unspecified atom stereocenters. The normalized spacial score (nSPS) is 11.2. The van der Waals surface area contributed by atoms with Crippen LogP contribution in [0.5, 0.6) is 0 Å². The zero-order valence-electron chi connectivity index (χ0n) is 16.0. The highest BCUT2D eigenvalue weighted by molar-refractivity contribution is 6.43. The highest BCUT2D eigenvalue weighted by atomic mass is 35.5. The van der Waals surface area contributed by atoms with Crippen LogP contribution in [0.3, 0.4) is 0 Å². The minimum atomic E-state index is -0.605. The van der Waals surface area contributed by atoms with Crippen LogP contribution in [0.2, 0.25) is 10.0 Å². The summed E-state index contributed by atoms with van der Waals surface area (Å²) in [6.07, 6.45) is 1.38. The Hall–Kier alpha value is -3.76. The third-order valence-corrected chi connectivity index (χ3v) is 5.09. The number of hydrogen-bond donors (Lipinski definition) is 2. The molecule has 0 atom stereocenters. The van der Waals surface area contributed by atoms with Crippen molar-refractivity contribution in [1.82, 2.24) is 30.7 Å². The Morgan fingerprint density at radius 1 is 1.19 bits per heavy atom. The molecule has 0 spiro atoms. The van der Waals surface area contributed by atoms with E-state index in [1.54, 1.807) is 18.2 Å². The lowest BCUT2D eigenvalue weighted by Gasteiger charge is -2.06. The molecule has 4 rings (SSSR count). The molecule has 0 fully saturated rings. The number of halogens is 2. The molecule has 12 heteroatoms. The van der Waals surface area contributed by atoms with Crippen LogP contribution in [-0.4, -0.2) is 37.4 Å². The Kier molecular flexibility index (Phi) is 5.65. The van der Waals surface area contributed by atoms with Gasteiger partial charge in [-0.15, -0.1) is 5.10 Å². The maximum absolute atomic E-state index is 12.8. The number of nitrogens with one attached hydrogen (secondary N) is 1. The van der Waals surface area contributed by atoms with Crippen LogP contribution < -0.4 is 11.2 Å². The molecule has 1 amide bonds. The number of nitrogens with zero attached hydrogens (tertiary/aromatic N) is 6. The van der Waals surface area contributed by atoms with E-state index in [2.05, 4.69) is 35.8 Å². The topological polar surface area (TPSA) is 137 Å². The fourth-order valence-corrected chi connectivity index (χ4v) is 3.08. The quantitative estimate of drug-likeness (QED) is 0.347. The van der Waals surface area contributed by atoms with E-state index in [9.17, 15) is 4.79 Å². The molecule has 31 heavy (non-hydrogen) atoms. The molecule has 10 nitrogen and oxygen atoms in total. The zero-order chi connectivity index (χ0) is 22.0. The molecule has 0 aliphatic carbocycles. The number of aryl methyl sites for hydroxylation is 1. The molecule has 4 aromatic rings. The number of anilines is 1. The second-order valence-electron chi connectivity index (χ2n) is 6.38. The van der Waals surface area contributed by atoms with Crippen LogP contribution >= 0.6 is 23.2 Å². The van der Waals surface area contributed by atoms with Crippen LogP contribution in [-0.2, 0) is 0 Å². The lowest BCUT2D eigenvalue weighted by Crippen LogP contribution is -2.19. The lowest BCUT2D eigenvalue weighted by molar-refractivity contribution is 0.0950. The van der Waals surface area contributed by atoms with Gasteiger partial charge in [0.1, 0.15) is 5.69 Å². The van der Waals surface area contributed by atoms with Crippen molar-refractivity contribution in [2.24, 2.45) is 5.10 Å². The van der Waals surface area contributed by atoms with Crippen molar-refractivity contribution in [3.05, 3.63) is 69.3 Å². The third kappa shape index (κ3) is 4.11. The summed E-state index contributed by atoms with van der Waals surface area (Å²) in [6.45, 7) is 1.95. The summed E-state index contributed by atoms with van der Waals surface area (Å²) in [4.78, 5) is 12.8. The maximum Gasteiger partial charge on any atom is 0.294 e. The number of hydrazone groups is 1. The van der Waals surface area contributed by atoms with Crippen molar-refractivity contribution in [3.8, 4) is 17.1 Å². The van der Waals surface area contributed by atoms with Gasteiger partial charge in [-0.3, -0.25) is 4.79 Å². The third-order valence-electron chi connectivity index (χ3n) is 4.26. The van der Waals surface area contributed by atoms with E-state index in [0.29, 0.717) is 26.9 Å². The average Bonchev–Trinajstić information content (AvgIpc) is 3.37. The van der Waals surface area contributed by atoms with E-state index in [4.69, 9.17) is 28.9 Å². The molecule has 0 aliphatic rings. The van der Waals surface area contributed by atoms with Crippen molar-refractivity contribution >= 4 is 41.1 Å². The predicted molar refractivity (Wildman–Crippen MR) is 115 cm³/mol. The minimum Gasteiger partial charge on any atom is -0.378 e. The highest BCUT2D eigenvalue weighted by Gasteiger charge is 2.25. The number of amides is 1. The van der Waals surface area contributed by atoms with E-state index >= 15 is 0 Å². The number of nitrogens with two attached hydrogens (primary N) is 1. The van der Waals surface area contributed by atoms with E-state index in [-0.39, 0.29) is 17.3 Å². The number of carbonyl (C=O) groups excluding carboxylic acids is 1. The van der Waals surface area contributed by atoms with Crippen LogP contribution in [0.25, 0.3) is 17.1 Å². The smallest absolute Gasteiger partial charge is 0.294 e. The maximum atomic E-state index is 12.8. The Bertz CT molecular complexity index is 1280. The van der Waals surface area contributed by atoms with Gasteiger partial charge in [-0.2, -0.15) is 9.78 Å². The molecule has 2 aromatic heterocycles. The SMILES string of the molecule is Cc1ccc(-c2c(C(=O)N/N=C/c3cccc(Cl)c3Cl)nnn2-c2nonc2N)cc1. The second-order valence-corrected chi connectivity index (χ2v) is 7.16. The van der Waals surface area contributed by atoms with Crippen molar-refractivity contribution < 1.29 is 9.42 Å². The number of carbonyl (C=O) groups is 1. The van der Waals surface area contributed by atoms with Gasteiger partial charge in [0.05, 0.1) is 16.3 Å². The van der Waals surface area contributed by atoms with E-state index in [1.165, 1.54) is 10.9 Å². The van der Waals surface area contributed by atoms with Gasteiger partial charge >= 0.3 is 0 Å². The standard InChI is InChI=1S/C19H14Cl2N8O2/c1-10-5-7-11(8-6-10)16-15(24-28-29(16)18-17(22)26-31-27-18)19(30)25-23-9-12-3-2-4-13(20)14(12)21/h2-9H,1H3,(H2,22,26)(H,25,30)/b23-9+. The summed E-state index contributed by atoms with van der Waals surface area (Å²) in [5.74, 6) is -0.499. The second kappa shape index (κ2) is 8.54. The summed E-state index contributed by atoms with van der Waals surface area (Å²) in [5, 5.41) is 19.9. The fraction of sp³-hybridized carbons (Fsp3) is 0.0526. The minimum absolute atomic E-state index is 0.000550. The molecule has 156 valence electrons. The number of benzene rings is 2. The summed E-state index contributed by atoms with van der Waals surface area (Å²) >= 11 is 12.1. The van der Waals surface area contributed by atoms with Gasteiger partial charge in [0.15, 0.2) is 5.69 Å². The monoisotopic (exact) mass is 456 g/mol. The summed E-state index contributed by atoms with van der Waals surface area (Å²) in [7, 11) is 0. The number of rotatable bonds is 5. The number of nitrogen functional groups attached to an aromatic ring is 1. The molecule has 0 radical (unpaired) electrons. The molecule has 0 saturated heterocycles. The Labute approximate surface area is 185 Å². The number of hydrogen-bond acceptors (Lipinski definition) is 8. The summed E-state index contributed by atoms with van der Waals surface area (Å²) in [6, 6.07) is 12.5. The molecule has 0 bridgehead atoms. The number of aromatic nitrogens is 5. The molecule has 2 heterocycles. The Morgan fingerprint density at radius 2 is 1.97 bits per heavy atom. The summed E-state index contributed by atoms with van der Waals surface area (Å²) < 4.78 is 5.93. The molecule has 2 aromatic carbocycles. The van der Waals surface area contributed by atoms with Crippen LogP contribution in [0.15, 0.2) is 52.2 Å². The van der Waals surface area contributed by atoms with E-state index < -0.39 is 5.91 Å². The van der Waals surface area contributed by atoms with Gasteiger partial charge in [-0.1, -0.05) is 70.4 Å². The van der Waals surface area contributed by atoms with Gasteiger partial charge in [-0.05, 0) is 23.3 Å². The fourth-order valence-electron chi connectivity index (χ4n) is 2.72. The van der Waals surface area contributed by atoms with Crippen LogP contribution in [0, 0.1) is 6.92 Å². The van der Waals surface area contributed by atoms with Crippen molar-refractivity contribution in [1.29, 1.82) is 0 Å². The average molecular weight is 457 g/mol. The van der Waals surface area contributed by atoms with Gasteiger partial charge in [0.2, 0.25) is 11.6 Å². The van der Waals surface area contributed by atoms with Crippen molar-refractivity contribution in [3.63, 3.8) is 0 Å². The van der Waals surface area contributed by atoms with Gasteiger partial charge in [0.25, 0.3) is 5.91 Å². The summed E-state index contributed by atoms with van der Waals surface area (Å²) in [5.41, 5.74) is 10.8. The molecule has 3 N–H and O–H groups in total. The molecule has 0 saturated carbocycles. The van der Waals surface area contributed by atoms with Crippen molar-refractivity contribution in [2.75, 3.05) is 5.73 Å². The van der Waals surface area contributed by atoms with Gasteiger partial charge < -0.3 is 5.73 Å². The highest BCUT2D eigenvalue weighted by Crippen LogP contribution is 2.27. The first-order valence-corrected chi connectivity index (χ1v) is 9.60. The Morgan fingerprint density at radius 3 is 2.68 bits per heavy atom. The molecular formula is C19H14Cl2N8O2. The lowest BCUT2D eigenvalue weighted by atomic mass is 10.1. The van der Waals surface area contributed by atoms with Gasteiger partial charge in [-0.25, -0.2) is 10.1 Å². The first-order chi connectivity index (χ1) is 15.0. The van der Waals surface area contributed by atoms with Crippen LogP contribution in [0.4, 0.5) is 5.82 Å². The largest absolute Gasteiger partial charge is 0.378 e. The first-order valence-electron chi connectivity index (χ1n) is 8.84. The molecular weight excluding hydrogens is 443 g/mol. The zero-order valence-corrected chi connectivity index (χ0v) is 17.5. The van der Waals surface area contributed by atoms with E-state index in [0.717, 1.165) is 5.56 Å².